The Morgan fingerprint density at radius 1 is 1.21 bits per heavy atom. The number of hydrogen-bond donors (Lipinski definition) is 2. The highest BCUT2D eigenvalue weighted by Crippen LogP contribution is 2.09. The van der Waals surface area contributed by atoms with E-state index in [0.717, 1.165) is 0 Å². The number of aliphatic carboxylic acids is 1. The predicted octanol–water partition coefficient (Wildman–Crippen LogP) is -1.85. The zero-order chi connectivity index (χ0) is 14.5. The Morgan fingerprint density at radius 2 is 1.79 bits per heavy atom. The van der Waals surface area contributed by atoms with E-state index < -0.39 is 16.0 Å². The van der Waals surface area contributed by atoms with Crippen LogP contribution in [0.3, 0.4) is 0 Å². The van der Waals surface area contributed by atoms with Gasteiger partial charge in [-0.1, -0.05) is 0 Å². The van der Waals surface area contributed by atoms with Gasteiger partial charge in [-0.25, -0.2) is 8.42 Å². The Labute approximate surface area is 112 Å². The third kappa shape index (κ3) is 5.13. The number of likely N-dealkylation sites (N-methyl/N-ethyl adjacent to an activating group) is 1. The molecule has 0 saturated carbocycles. The van der Waals surface area contributed by atoms with Crippen LogP contribution in [-0.4, -0.2) is 80.1 Å². The summed E-state index contributed by atoms with van der Waals surface area (Å²) in [7, 11) is -1.96. The maximum Gasteiger partial charge on any atom is 0.304 e. The van der Waals surface area contributed by atoms with Crippen LogP contribution in [0, 0.1) is 0 Å². The third-order valence-corrected chi connectivity index (χ3v) is 4.82. The summed E-state index contributed by atoms with van der Waals surface area (Å²) in [5, 5.41) is 11.0. The van der Waals surface area contributed by atoms with Crippen LogP contribution in [0.1, 0.15) is 6.42 Å². The summed E-state index contributed by atoms with van der Waals surface area (Å²) in [4.78, 5) is 23.4. The van der Waals surface area contributed by atoms with E-state index in [1.54, 1.807) is 7.05 Å². The van der Waals surface area contributed by atoms with E-state index in [9.17, 15) is 18.0 Å². The number of carbonyl (C=O) groups excluding carboxylic acids is 1. The van der Waals surface area contributed by atoms with Gasteiger partial charge in [0.1, 0.15) is 0 Å². The first-order valence-corrected chi connectivity index (χ1v) is 7.58. The SMILES string of the molecule is CNC(=O)CN1CCN(S(=O)(=O)CCC(=O)O)CC1. The van der Waals surface area contributed by atoms with E-state index in [1.807, 2.05) is 4.90 Å². The van der Waals surface area contributed by atoms with E-state index in [2.05, 4.69) is 5.32 Å². The second-order valence-electron chi connectivity index (χ2n) is 4.31. The quantitative estimate of drug-likeness (QED) is 0.595. The molecule has 2 N–H and O–H groups in total. The highest BCUT2D eigenvalue weighted by Gasteiger charge is 2.27. The van der Waals surface area contributed by atoms with Crippen LogP contribution in [0.2, 0.25) is 0 Å². The van der Waals surface area contributed by atoms with Gasteiger partial charge in [-0.15, -0.1) is 0 Å². The minimum absolute atomic E-state index is 0.109. The molecule has 0 unspecified atom stereocenters. The van der Waals surface area contributed by atoms with Crippen molar-refractivity contribution in [2.24, 2.45) is 0 Å². The molecule has 1 rings (SSSR count). The van der Waals surface area contributed by atoms with Gasteiger partial charge in [0.2, 0.25) is 15.9 Å². The molecule has 0 aromatic heterocycles. The third-order valence-electron chi connectivity index (χ3n) is 2.94. The van der Waals surface area contributed by atoms with Gasteiger partial charge in [0, 0.05) is 33.2 Å². The predicted molar refractivity (Wildman–Crippen MR) is 68.1 cm³/mol. The number of carboxylic acids is 1. The van der Waals surface area contributed by atoms with Crippen molar-refractivity contribution in [1.29, 1.82) is 0 Å². The molecule has 1 amide bonds. The first kappa shape index (κ1) is 15.9. The Hall–Kier alpha value is -1.19. The minimum atomic E-state index is -3.51. The fourth-order valence-corrected chi connectivity index (χ4v) is 3.20. The van der Waals surface area contributed by atoms with Gasteiger partial charge in [0.05, 0.1) is 18.7 Å². The van der Waals surface area contributed by atoms with Crippen LogP contribution in [0.25, 0.3) is 0 Å². The van der Waals surface area contributed by atoms with E-state index in [4.69, 9.17) is 5.11 Å². The van der Waals surface area contributed by atoms with Gasteiger partial charge in [-0.2, -0.15) is 4.31 Å². The average Bonchev–Trinajstić information content (AvgIpc) is 2.37. The Morgan fingerprint density at radius 3 is 2.26 bits per heavy atom. The monoisotopic (exact) mass is 293 g/mol. The number of carbonyl (C=O) groups is 2. The van der Waals surface area contributed by atoms with Crippen molar-refractivity contribution in [3.8, 4) is 0 Å². The van der Waals surface area contributed by atoms with Crippen LogP contribution < -0.4 is 5.32 Å². The van der Waals surface area contributed by atoms with Crippen molar-refractivity contribution < 1.29 is 23.1 Å². The van der Waals surface area contributed by atoms with Crippen molar-refractivity contribution in [2.75, 3.05) is 45.5 Å². The summed E-state index contributed by atoms with van der Waals surface area (Å²) >= 11 is 0. The van der Waals surface area contributed by atoms with E-state index >= 15 is 0 Å². The van der Waals surface area contributed by atoms with Gasteiger partial charge in [0.25, 0.3) is 0 Å². The lowest BCUT2D eigenvalue weighted by atomic mass is 10.3. The highest BCUT2D eigenvalue weighted by atomic mass is 32.2. The molecular formula is C10H19N3O5S. The highest BCUT2D eigenvalue weighted by molar-refractivity contribution is 7.89. The molecule has 1 aliphatic rings. The van der Waals surface area contributed by atoms with Crippen molar-refractivity contribution in [1.82, 2.24) is 14.5 Å². The molecule has 1 heterocycles. The molecule has 110 valence electrons. The Kier molecular flexibility index (Phi) is 5.70. The zero-order valence-corrected chi connectivity index (χ0v) is 11.6. The van der Waals surface area contributed by atoms with Gasteiger partial charge in [-0.05, 0) is 0 Å². The summed E-state index contributed by atoms with van der Waals surface area (Å²) in [6.07, 6.45) is -0.388. The zero-order valence-electron chi connectivity index (χ0n) is 10.8. The molecule has 1 saturated heterocycles. The van der Waals surface area contributed by atoms with Crippen molar-refractivity contribution in [3.05, 3.63) is 0 Å². The molecular weight excluding hydrogens is 274 g/mol. The first-order chi connectivity index (χ1) is 8.85. The lowest BCUT2D eigenvalue weighted by Crippen LogP contribution is -2.51. The minimum Gasteiger partial charge on any atom is -0.481 e. The smallest absolute Gasteiger partial charge is 0.304 e. The maximum absolute atomic E-state index is 11.8. The van der Waals surface area contributed by atoms with Crippen LogP contribution >= 0.6 is 0 Å². The second kappa shape index (κ2) is 6.83. The number of carboxylic acid groups (broad SMARTS) is 1. The molecule has 1 fully saturated rings. The molecule has 9 heteroatoms. The van der Waals surface area contributed by atoms with Crippen LogP contribution in [0.5, 0.6) is 0 Å². The molecule has 0 aliphatic carbocycles. The molecule has 1 aliphatic heterocycles. The molecule has 0 atom stereocenters. The summed E-state index contributed by atoms with van der Waals surface area (Å²) in [5.41, 5.74) is 0. The summed E-state index contributed by atoms with van der Waals surface area (Å²) in [5.74, 6) is -1.61. The molecule has 0 spiro atoms. The van der Waals surface area contributed by atoms with Gasteiger partial charge < -0.3 is 10.4 Å². The number of sulfonamides is 1. The van der Waals surface area contributed by atoms with E-state index in [1.165, 1.54) is 4.31 Å². The van der Waals surface area contributed by atoms with E-state index in [-0.39, 0.29) is 24.6 Å². The fraction of sp³-hybridized carbons (Fsp3) is 0.800. The van der Waals surface area contributed by atoms with Crippen LogP contribution in [0.4, 0.5) is 0 Å². The topological polar surface area (TPSA) is 107 Å². The largest absolute Gasteiger partial charge is 0.481 e. The standard InChI is InChI=1S/C10H19N3O5S/c1-11-9(14)8-12-3-5-13(6-4-12)19(17,18)7-2-10(15)16/h2-8H2,1H3,(H,11,14)(H,15,16). The Bertz CT molecular complexity index is 428. The molecule has 0 bridgehead atoms. The van der Waals surface area contributed by atoms with E-state index in [0.29, 0.717) is 26.2 Å². The first-order valence-electron chi connectivity index (χ1n) is 5.97. The normalized spacial score (nSPS) is 18.2. The maximum atomic E-state index is 11.8. The van der Waals surface area contributed by atoms with Crippen LogP contribution in [0.15, 0.2) is 0 Å². The number of rotatable bonds is 6. The van der Waals surface area contributed by atoms with Gasteiger partial charge >= 0.3 is 5.97 Å². The number of nitrogens with one attached hydrogen (secondary N) is 1. The van der Waals surface area contributed by atoms with Crippen molar-refractivity contribution in [3.63, 3.8) is 0 Å². The number of amides is 1. The average molecular weight is 293 g/mol. The summed E-state index contributed by atoms with van der Waals surface area (Å²) < 4.78 is 25.0. The fourth-order valence-electron chi connectivity index (χ4n) is 1.79. The molecule has 0 radical (unpaired) electrons. The van der Waals surface area contributed by atoms with Gasteiger partial charge in [0.15, 0.2) is 0 Å². The van der Waals surface area contributed by atoms with Crippen LogP contribution in [-0.2, 0) is 19.6 Å². The Balaban J connectivity index is 2.44. The summed E-state index contributed by atoms with van der Waals surface area (Å²) in [6, 6.07) is 0. The molecule has 19 heavy (non-hydrogen) atoms. The molecule has 0 aromatic rings. The van der Waals surface area contributed by atoms with Crippen molar-refractivity contribution in [2.45, 2.75) is 6.42 Å². The lowest BCUT2D eigenvalue weighted by Gasteiger charge is -2.33. The summed E-state index contributed by atoms with van der Waals surface area (Å²) in [6.45, 7) is 1.77. The number of hydrogen-bond acceptors (Lipinski definition) is 5. The van der Waals surface area contributed by atoms with Gasteiger partial charge in [-0.3, -0.25) is 14.5 Å². The molecule has 8 nitrogen and oxygen atoms in total. The second-order valence-corrected chi connectivity index (χ2v) is 6.40. The molecule has 0 aromatic carbocycles. The number of nitrogens with zero attached hydrogens (tertiary/aromatic N) is 2. The lowest BCUT2D eigenvalue weighted by molar-refractivity contribution is -0.136. The number of piperazine rings is 1. The van der Waals surface area contributed by atoms with Crippen molar-refractivity contribution >= 4 is 21.9 Å².